The SMILES string of the molecule is CC(C)N(C)C1CCN(S)C1. The summed E-state index contributed by atoms with van der Waals surface area (Å²) < 4.78 is 2.10. The second kappa shape index (κ2) is 3.78. The normalized spacial score (nSPS) is 27.3. The number of hydrogen-bond acceptors (Lipinski definition) is 3. The number of thiol groups is 1. The van der Waals surface area contributed by atoms with Crippen molar-refractivity contribution in [1.29, 1.82) is 0 Å². The minimum atomic E-state index is 0.653. The molecule has 0 saturated carbocycles. The van der Waals surface area contributed by atoms with Gasteiger partial charge in [0, 0.05) is 25.2 Å². The number of likely N-dealkylation sites (N-methyl/N-ethyl adjacent to an activating group) is 1. The minimum absolute atomic E-state index is 0.653. The molecule has 1 aliphatic heterocycles. The molecule has 1 atom stereocenters. The first-order valence-electron chi connectivity index (χ1n) is 4.27. The summed E-state index contributed by atoms with van der Waals surface area (Å²) in [4.78, 5) is 2.43. The lowest BCUT2D eigenvalue weighted by molar-refractivity contribution is 0.204. The Kier molecular flexibility index (Phi) is 3.22. The summed E-state index contributed by atoms with van der Waals surface area (Å²) >= 11 is 4.32. The summed E-state index contributed by atoms with van der Waals surface area (Å²) in [6.45, 7) is 6.71. The van der Waals surface area contributed by atoms with Crippen LogP contribution in [0.5, 0.6) is 0 Å². The molecule has 0 bridgehead atoms. The summed E-state index contributed by atoms with van der Waals surface area (Å²) in [6, 6.07) is 1.37. The highest BCUT2D eigenvalue weighted by Crippen LogP contribution is 2.16. The zero-order valence-corrected chi connectivity index (χ0v) is 8.51. The Labute approximate surface area is 75.1 Å². The average Bonchev–Trinajstić information content (AvgIpc) is 2.34. The Morgan fingerprint density at radius 3 is 2.55 bits per heavy atom. The Morgan fingerprint density at radius 1 is 1.55 bits per heavy atom. The van der Waals surface area contributed by atoms with Crippen molar-refractivity contribution in [3.63, 3.8) is 0 Å². The summed E-state index contributed by atoms with van der Waals surface area (Å²) in [6.07, 6.45) is 1.26. The van der Waals surface area contributed by atoms with Crippen molar-refractivity contribution in [2.24, 2.45) is 0 Å². The Hall–Kier alpha value is 0.270. The van der Waals surface area contributed by atoms with Crippen LogP contribution in [0.1, 0.15) is 20.3 Å². The van der Waals surface area contributed by atoms with Gasteiger partial charge in [0.25, 0.3) is 0 Å². The third-order valence-electron chi connectivity index (χ3n) is 2.53. The van der Waals surface area contributed by atoms with Crippen molar-refractivity contribution in [3.05, 3.63) is 0 Å². The zero-order chi connectivity index (χ0) is 8.43. The van der Waals surface area contributed by atoms with Crippen molar-refractivity contribution < 1.29 is 0 Å². The smallest absolute Gasteiger partial charge is 0.0244 e. The monoisotopic (exact) mass is 174 g/mol. The summed E-state index contributed by atoms with van der Waals surface area (Å²) in [7, 11) is 2.20. The van der Waals surface area contributed by atoms with E-state index < -0.39 is 0 Å². The van der Waals surface area contributed by atoms with Crippen molar-refractivity contribution in [3.8, 4) is 0 Å². The number of nitrogens with zero attached hydrogens (tertiary/aromatic N) is 2. The molecular weight excluding hydrogens is 156 g/mol. The molecule has 0 amide bonds. The second-order valence-electron chi connectivity index (χ2n) is 3.61. The third kappa shape index (κ3) is 2.36. The maximum absolute atomic E-state index is 4.32. The summed E-state index contributed by atoms with van der Waals surface area (Å²) in [5.41, 5.74) is 0. The zero-order valence-electron chi connectivity index (χ0n) is 7.62. The van der Waals surface area contributed by atoms with Crippen LogP contribution in [-0.2, 0) is 0 Å². The van der Waals surface area contributed by atoms with Gasteiger partial charge in [-0.25, -0.2) is 0 Å². The van der Waals surface area contributed by atoms with Crippen LogP contribution < -0.4 is 0 Å². The summed E-state index contributed by atoms with van der Waals surface area (Å²) in [5.74, 6) is 0. The van der Waals surface area contributed by atoms with Crippen molar-refractivity contribution in [2.45, 2.75) is 32.4 Å². The minimum Gasteiger partial charge on any atom is -0.300 e. The van der Waals surface area contributed by atoms with E-state index in [1.54, 1.807) is 0 Å². The van der Waals surface area contributed by atoms with Crippen LogP contribution in [0.2, 0.25) is 0 Å². The standard InChI is InChI=1S/C8H18N2S/c1-7(2)9(3)8-4-5-10(11)6-8/h7-8,11H,4-6H2,1-3H3. The molecule has 66 valence electrons. The maximum atomic E-state index is 4.32. The fourth-order valence-corrected chi connectivity index (χ4v) is 1.78. The van der Waals surface area contributed by atoms with Crippen molar-refractivity contribution in [2.75, 3.05) is 20.1 Å². The van der Waals surface area contributed by atoms with E-state index in [1.165, 1.54) is 6.42 Å². The van der Waals surface area contributed by atoms with Gasteiger partial charge in [0.1, 0.15) is 0 Å². The summed E-state index contributed by atoms with van der Waals surface area (Å²) in [5, 5.41) is 0. The van der Waals surface area contributed by atoms with Crippen LogP contribution in [0, 0.1) is 0 Å². The molecule has 0 spiro atoms. The molecule has 3 heteroatoms. The van der Waals surface area contributed by atoms with Gasteiger partial charge in [-0.05, 0) is 27.3 Å². The van der Waals surface area contributed by atoms with Gasteiger partial charge in [-0.15, -0.1) is 0 Å². The van der Waals surface area contributed by atoms with Crippen LogP contribution in [0.3, 0.4) is 0 Å². The van der Waals surface area contributed by atoms with Crippen LogP contribution >= 0.6 is 12.8 Å². The highest BCUT2D eigenvalue weighted by molar-refractivity contribution is 7.77. The van der Waals surface area contributed by atoms with Gasteiger partial charge in [0.15, 0.2) is 0 Å². The van der Waals surface area contributed by atoms with Gasteiger partial charge < -0.3 is 0 Å². The maximum Gasteiger partial charge on any atom is 0.0244 e. The highest BCUT2D eigenvalue weighted by atomic mass is 32.1. The molecule has 1 aliphatic rings. The van der Waals surface area contributed by atoms with Crippen LogP contribution in [0.15, 0.2) is 0 Å². The molecule has 0 N–H and O–H groups in total. The predicted molar refractivity (Wildman–Crippen MR) is 51.9 cm³/mol. The Morgan fingerprint density at radius 2 is 2.18 bits per heavy atom. The molecular formula is C8H18N2S. The predicted octanol–water partition coefficient (Wildman–Crippen LogP) is 1.25. The Balaban J connectivity index is 2.36. The molecule has 0 aliphatic carbocycles. The van der Waals surface area contributed by atoms with Gasteiger partial charge in [-0.3, -0.25) is 9.21 Å². The largest absolute Gasteiger partial charge is 0.300 e. The van der Waals surface area contributed by atoms with E-state index in [0.29, 0.717) is 12.1 Å². The molecule has 1 fully saturated rings. The molecule has 1 unspecified atom stereocenters. The van der Waals surface area contributed by atoms with E-state index >= 15 is 0 Å². The Bertz CT molecular complexity index is 127. The molecule has 0 aromatic heterocycles. The average molecular weight is 174 g/mol. The molecule has 0 aromatic rings. The van der Waals surface area contributed by atoms with E-state index in [1.807, 2.05) is 0 Å². The van der Waals surface area contributed by atoms with Crippen molar-refractivity contribution in [1.82, 2.24) is 9.21 Å². The molecule has 1 rings (SSSR count). The van der Waals surface area contributed by atoms with Gasteiger partial charge in [0.2, 0.25) is 0 Å². The van der Waals surface area contributed by atoms with E-state index in [9.17, 15) is 0 Å². The molecule has 1 heterocycles. The number of hydrogen-bond donors (Lipinski definition) is 1. The molecule has 1 saturated heterocycles. The number of rotatable bonds is 2. The fourth-order valence-electron chi connectivity index (χ4n) is 1.48. The van der Waals surface area contributed by atoms with Gasteiger partial charge >= 0.3 is 0 Å². The van der Waals surface area contributed by atoms with Gasteiger partial charge in [-0.2, -0.15) is 0 Å². The third-order valence-corrected chi connectivity index (χ3v) is 2.90. The fraction of sp³-hybridized carbons (Fsp3) is 1.00. The van der Waals surface area contributed by atoms with E-state index in [2.05, 4.69) is 42.9 Å². The van der Waals surface area contributed by atoms with Crippen LogP contribution in [0.4, 0.5) is 0 Å². The van der Waals surface area contributed by atoms with E-state index in [0.717, 1.165) is 13.1 Å². The first-order chi connectivity index (χ1) is 5.11. The first-order valence-corrected chi connectivity index (χ1v) is 4.67. The van der Waals surface area contributed by atoms with Crippen LogP contribution in [0.25, 0.3) is 0 Å². The lowest BCUT2D eigenvalue weighted by atomic mass is 10.2. The van der Waals surface area contributed by atoms with Crippen LogP contribution in [-0.4, -0.2) is 41.4 Å². The second-order valence-corrected chi connectivity index (χ2v) is 4.18. The molecule has 0 aromatic carbocycles. The first kappa shape index (κ1) is 9.36. The van der Waals surface area contributed by atoms with E-state index in [4.69, 9.17) is 0 Å². The quantitative estimate of drug-likeness (QED) is 0.629. The topological polar surface area (TPSA) is 6.48 Å². The molecule has 0 radical (unpaired) electrons. The van der Waals surface area contributed by atoms with E-state index in [-0.39, 0.29) is 0 Å². The molecule has 2 nitrogen and oxygen atoms in total. The lowest BCUT2D eigenvalue weighted by Crippen LogP contribution is -2.38. The molecule has 11 heavy (non-hydrogen) atoms. The van der Waals surface area contributed by atoms with Crippen molar-refractivity contribution >= 4 is 12.8 Å². The lowest BCUT2D eigenvalue weighted by Gasteiger charge is -2.27. The van der Waals surface area contributed by atoms with Gasteiger partial charge in [0.05, 0.1) is 0 Å². The highest BCUT2D eigenvalue weighted by Gasteiger charge is 2.24. The van der Waals surface area contributed by atoms with Gasteiger partial charge in [-0.1, -0.05) is 12.8 Å².